The Morgan fingerprint density at radius 3 is 2.36 bits per heavy atom. The summed E-state index contributed by atoms with van der Waals surface area (Å²) in [5.74, 6) is -0.0202. The number of anilines is 1. The van der Waals surface area contributed by atoms with Crippen molar-refractivity contribution < 1.29 is 14.7 Å². The van der Waals surface area contributed by atoms with Gasteiger partial charge in [-0.3, -0.25) is 9.59 Å². The number of rotatable bonds is 4. The topological polar surface area (TPSA) is 69.6 Å². The molecule has 5 nitrogen and oxygen atoms in total. The molecule has 2 amide bonds. The van der Waals surface area contributed by atoms with Crippen LogP contribution >= 0.6 is 0 Å². The fourth-order valence-corrected chi connectivity index (χ4v) is 3.78. The van der Waals surface area contributed by atoms with Crippen molar-refractivity contribution in [1.29, 1.82) is 0 Å². The van der Waals surface area contributed by atoms with Gasteiger partial charge >= 0.3 is 0 Å². The fraction of sp³-hybridized carbons (Fsp3) is 0.600. The molecule has 2 fully saturated rings. The highest BCUT2D eigenvalue weighted by molar-refractivity contribution is 5.96. The molecule has 0 aromatic heterocycles. The van der Waals surface area contributed by atoms with Crippen molar-refractivity contribution >= 4 is 17.5 Å². The Morgan fingerprint density at radius 1 is 1.04 bits per heavy atom. The molecule has 1 aliphatic carbocycles. The van der Waals surface area contributed by atoms with Crippen LogP contribution in [0.2, 0.25) is 0 Å². The molecule has 136 valence electrons. The molecular weight excluding hydrogens is 316 g/mol. The first-order chi connectivity index (χ1) is 12.1. The van der Waals surface area contributed by atoms with Crippen molar-refractivity contribution in [1.82, 2.24) is 5.32 Å². The molecule has 0 radical (unpaired) electrons. The average Bonchev–Trinajstić information content (AvgIpc) is 2.85. The number of hydrogen-bond acceptors (Lipinski definition) is 3. The second kappa shape index (κ2) is 8.00. The number of aliphatic hydroxyl groups is 1. The Balaban J connectivity index is 1.58. The summed E-state index contributed by atoms with van der Waals surface area (Å²) in [5.41, 5.74) is 0.640. The standard InChI is InChI=1S/C20H28N2O3/c23-18-7-3-6-14-22(18)17-10-8-16(9-11-17)19(24)21-15-20(25)12-4-1-2-5-13-20/h8-11,25H,1-7,12-15H2,(H,21,24). The van der Waals surface area contributed by atoms with Crippen LogP contribution in [0.3, 0.4) is 0 Å². The van der Waals surface area contributed by atoms with Gasteiger partial charge in [-0.15, -0.1) is 0 Å². The predicted molar refractivity (Wildman–Crippen MR) is 97.6 cm³/mol. The molecule has 2 N–H and O–H groups in total. The second-order valence-corrected chi connectivity index (χ2v) is 7.37. The van der Waals surface area contributed by atoms with Crippen LogP contribution in [0.25, 0.3) is 0 Å². The highest BCUT2D eigenvalue weighted by atomic mass is 16.3. The Morgan fingerprint density at radius 2 is 1.72 bits per heavy atom. The first-order valence-electron chi connectivity index (χ1n) is 9.48. The Hall–Kier alpha value is -1.88. The minimum absolute atomic E-state index is 0.152. The lowest BCUT2D eigenvalue weighted by Crippen LogP contribution is -2.42. The smallest absolute Gasteiger partial charge is 0.251 e. The highest BCUT2D eigenvalue weighted by Crippen LogP contribution is 2.26. The SMILES string of the molecule is O=C(NCC1(O)CCCCCC1)c1ccc(N2CCCCC2=O)cc1. The summed E-state index contributed by atoms with van der Waals surface area (Å²) in [4.78, 5) is 26.1. The van der Waals surface area contributed by atoms with Crippen molar-refractivity contribution in [2.75, 3.05) is 18.0 Å². The van der Waals surface area contributed by atoms with Gasteiger partial charge in [0, 0.05) is 30.8 Å². The third-order valence-corrected chi connectivity index (χ3v) is 5.38. The third-order valence-electron chi connectivity index (χ3n) is 5.38. The number of carbonyl (C=O) groups excluding carboxylic acids is 2. The lowest BCUT2D eigenvalue weighted by Gasteiger charge is -2.27. The van der Waals surface area contributed by atoms with Crippen molar-refractivity contribution in [3.63, 3.8) is 0 Å². The number of hydrogen-bond donors (Lipinski definition) is 2. The molecule has 1 saturated heterocycles. The van der Waals surface area contributed by atoms with Gasteiger partial charge in [0.25, 0.3) is 5.91 Å². The van der Waals surface area contributed by atoms with Crippen LogP contribution in [-0.4, -0.2) is 35.6 Å². The van der Waals surface area contributed by atoms with E-state index in [1.165, 1.54) is 0 Å². The summed E-state index contributed by atoms with van der Waals surface area (Å²) in [6.45, 7) is 1.05. The molecule has 1 aromatic rings. The molecule has 25 heavy (non-hydrogen) atoms. The van der Waals surface area contributed by atoms with Crippen LogP contribution in [0, 0.1) is 0 Å². The van der Waals surface area contributed by atoms with E-state index in [9.17, 15) is 14.7 Å². The number of nitrogens with one attached hydrogen (secondary N) is 1. The van der Waals surface area contributed by atoms with Gasteiger partial charge in [0.1, 0.15) is 0 Å². The summed E-state index contributed by atoms with van der Waals surface area (Å²) in [7, 11) is 0. The predicted octanol–water partition coefficient (Wildman–Crippen LogP) is 3.02. The maximum absolute atomic E-state index is 12.4. The van der Waals surface area contributed by atoms with Crippen molar-refractivity contribution in [3.05, 3.63) is 29.8 Å². The molecule has 1 saturated carbocycles. The van der Waals surface area contributed by atoms with E-state index in [1.807, 2.05) is 12.1 Å². The highest BCUT2D eigenvalue weighted by Gasteiger charge is 2.28. The van der Waals surface area contributed by atoms with Gasteiger partial charge in [-0.1, -0.05) is 25.7 Å². The molecule has 5 heteroatoms. The van der Waals surface area contributed by atoms with Crippen LogP contribution in [0.1, 0.15) is 68.1 Å². The van der Waals surface area contributed by atoms with E-state index in [-0.39, 0.29) is 11.8 Å². The number of amides is 2. The molecule has 0 unspecified atom stereocenters. The van der Waals surface area contributed by atoms with Gasteiger partial charge in [-0.05, 0) is 49.9 Å². The summed E-state index contributed by atoms with van der Waals surface area (Å²) >= 11 is 0. The van der Waals surface area contributed by atoms with Crippen molar-refractivity contribution in [2.45, 2.75) is 63.4 Å². The van der Waals surface area contributed by atoms with Gasteiger partial charge in [-0.25, -0.2) is 0 Å². The van der Waals surface area contributed by atoms with Crippen LogP contribution in [0.4, 0.5) is 5.69 Å². The average molecular weight is 344 g/mol. The van der Waals surface area contributed by atoms with E-state index in [0.29, 0.717) is 18.5 Å². The molecule has 2 aliphatic rings. The molecule has 0 bridgehead atoms. The molecule has 1 aliphatic heterocycles. The van der Waals surface area contributed by atoms with E-state index in [0.717, 1.165) is 63.6 Å². The first-order valence-corrected chi connectivity index (χ1v) is 9.48. The lowest BCUT2D eigenvalue weighted by atomic mass is 9.94. The van der Waals surface area contributed by atoms with Gasteiger partial charge < -0.3 is 15.3 Å². The Kier molecular flexibility index (Phi) is 5.74. The second-order valence-electron chi connectivity index (χ2n) is 7.37. The Labute approximate surface area is 149 Å². The number of carbonyl (C=O) groups is 2. The molecule has 0 atom stereocenters. The first kappa shape index (κ1) is 17.9. The zero-order valence-corrected chi connectivity index (χ0v) is 14.8. The van der Waals surface area contributed by atoms with E-state index in [4.69, 9.17) is 0 Å². The third kappa shape index (κ3) is 4.60. The number of piperidine rings is 1. The molecular formula is C20H28N2O3. The quantitative estimate of drug-likeness (QED) is 0.825. The van der Waals surface area contributed by atoms with Crippen LogP contribution in [0.15, 0.2) is 24.3 Å². The van der Waals surface area contributed by atoms with E-state index < -0.39 is 5.60 Å². The minimum atomic E-state index is -0.772. The van der Waals surface area contributed by atoms with E-state index in [2.05, 4.69) is 5.32 Å². The van der Waals surface area contributed by atoms with Crippen LogP contribution in [-0.2, 0) is 4.79 Å². The van der Waals surface area contributed by atoms with E-state index in [1.54, 1.807) is 17.0 Å². The fourth-order valence-electron chi connectivity index (χ4n) is 3.78. The Bertz CT molecular complexity index is 604. The molecule has 3 rings (SSSR count). The number of nitrogens with zero attached hydrogens (tertiary/aromatic N) is 1. The minimum Gasteiger partial charge on any atom is -0.388 e. The molecule has 0 spiro atoms. The van der Waals surface area contributed by atoms with Crippen LogP contribution < -0.4 is 10.2 Å². The van der Waals surface area contributed by atoms with E-state index >= 15 is 0 Å². The summed E-state index contributed by atoms with van der Waals surface area (Å²) in [6, 6.07) is 7.17. The summed E-state index contributed by atoms with van der Waals surface area (Å²) < 4.78 is 0. The molecule has 1 aromatic carbocycles. The monoisotopic (exact) mass is 344 g/mol. The van der Waals surface area contributed by atoms with Gasteiger partial charge in [-0.2, -0.15) is 0 Å². The lowest BCUT2D eigenvalue weighted by molar-refractivity contribution is -0.119. The van der Waals surface area contributed by atoms with Crippen molar-refractivity contribution in [3.8, 4) is 0 Å². The maximum Gasteiger partial charge on any atom is 0.251 e. The summed E-state index contributed by atoms with van der Waals surface area (Å²) in [5, 5.41) is 13.5. The number of benzene rings is 1. The van der Waals surface area contributed by atoms with Crippen LogP contribution in [0.5, 0.6) is 0 Å². The largest absolute Gasteiger partial charge is 0.388 e. The zero-order chi connectivity index (χ0) is 17.7. The zero-order valence-electron chi connectivity index (χ0n) is 14.8. The van der Waals surface area contributed by atoms with Gasteiger partial charge in [0.05, 0.1) is 5.60 Å². The summed E-state index contributed by atoms with van der Waals surface area (Å²) in [6.07, 6.45) is 8.44. The van der Waals surface area contributed by atoms with Gasteiger partial charge in [0.2, 0.25) is 5.91 Å². The maximum atomic E-state index is 12.4. The molecule has 1 heterocycles. The van der Waals surface area contributed by atoms with Crippen molar-refractivity contribution in [2.24, 2.45) is 0 Å². The van der Waals surface area contributed by atoms with Gasteiger partial charge in [0.15, 0.2) is 0 Å². The normalized spacial score (nSPS) is 20.8.